The highest BCUT2D eigenvalue weighted by Gasteiger charge is 2.12. The van der Waals surface area contributed by atoms with E-state index in [-0.39, 0.29) is 5.41 Å². The van der Waals surface area contributed by atoms with E-state index in [4.69, 9.17) is 4.74 Å². The van der Waals surface area contributed by atoms with Crippen LogP contribution in [0, 0.1) is 0 Å². The molecule has 3 aromatic rings. The summed E-state index contributed by atoms with van der Waals surface area (Å²) in [6.45, 7) is 6.63. The van der Waals surface area contributed by atoms with Gasteiger partial charge in [0.2, 0.25) is 5.13 Å². The van der Waals surface area contributed by atoms with Crippen molar-refractivity contribution in [2.24, 2.45) is 5.10 Å². The van der Waals surface area contributed by atoms with Crippen LogP contribution in [-0.4, -0.2) is 18.3 Å². The monoisotopic (exact) mass is 365 g/mol. The number of hydrazone groups is 1. The first kappa shape index (κ1) is 18.1. The summed E-state index contributed by atoms with van der Waals surface area (Å²) in [5, 5.41) is 7.07. The Morgan fingerprint density at radius 1 is 1.04 bits per heavy atom. The van der Waals surface area contributed by atoms with E-state index in [1.807, 2.05) is 29.6 Å². The van der Waals surface area contributed by atoms with Gasteiger partial charge in [0.1, 0.15) is 5.75 Å². The summed E-state index contributed by atoms with van der Waals surface area (Å²) in [5.41, 5.74) is 7.50. The summed E-state index contributed by atoms with van der Waals surface area (Å²) in [6.07, 6.45) is 1.81. The number of nitrogens with one attached hydrogen (secondary N) is 1. The summed E-state index contributed by atoms with van der Waals surface area (Å²) in [5.74, 6) is 0.837. The molecule has 0 fully saturated rings. The van der Waals surface area contributed by atoms with Gasteiger partial charge in [-0.25, -0.2) is 4.98 Å². The molecule has 0 amide bonds. The van der Waals surface area contributed by atoms with Gasteiger partial charge in [0.15, 0.2) is 0 Å². The first-order valence-corrected chi connectivity index (χ1v) is 9.33. The van der Waals surface area contributed by atoms with Gasteiger partial charge in [-0.3, -0.25) is 5.43 Å². The maximum atomic E-state index is 5.18. The molecule has 1 N–H and O–H groups in total. The predicted molar refractivity (Wildman–Crippen MR) is 110 cm³/mol. The molecule has 1 heterocycles. The predicted octanol–water partition coefficient (Wildman–Crippen LogP) is 5.56. The SMILES string of the molecule is COc1ccc(-c2csc(N/N=C/c3ccc(C(C)(C)C)cc3)n2)cc1. The quantitative estimate of drug-likeness (QED) is 0.475. The highest BCUT2D eigenvalue weighted by molar-refractivity contribution is 7.14. The van der Waals surface area contributed by atoms with Crippen LogP contribution in [0.2, 0.25) is 0 Å². The molecule has 0 unspecified atom stereocenters. The van der Waals surface area contributed by atoms with E-state index in [2.05, 4.69) is 60.5 Å². The molecule has 134 valence electrons. The number of hydrogen-bond donors (Lipinski definition) is 1. The van der Waals surface area contributed by atoms with Crippen LogP contribution in [0.15, 0.2) is 59.0 Å². The van der Waals surface area contributed by atoms with Crippen molar-refractivity contribution in [2.75, 3.05) is 12.5 Å². The minimum Gasteiger partial charge on any atom is -0.497 e. The van der Waals surface area contributed by atoms with Crippen molar-refractivity contribution >= 4 is 22.7 Å². The number of thiazole rings is 1. The van der Waals surface area contributed by atoms with Gasteiger partial charge in [0, 0.05) is 10.9 Å². The molecule has 0 radical (unpaired) electrons. The lowest BCUT2D eigenvalue weighted by molar-refractivity contribution is 0.415. The maximum absolute atomic E-state index is 5.18. The second-order valence-corrected chi connectivity index (χ2v) is 7.87. The molecule has 0 bridgehead atoms. The molecular formula is C21H23N3OS. The molecular weight excluding hydrogens is 342 g/mol. The summed E-state index contributed by atoms with van der Waals surface area (Å²) < 4.78 is 5.18. The van der Waals surface area contributed by atoms with E-state index in [9.17, 15) is 0 Å². The van der Waals surface area contributed by atoms with Gasteiger partial charge in [-0.15, -0.1) is 11.3 Å². The Labute approximate surface area is 158 Å². The van der Waals surface area contributed by atoms with Crippen LogP contribution in [0.5, 0.6) is 5.75 Å². The van der Waals surface area contributed by atoms with E-state index in [1.54, 1.807) is 13.3 Å². The third kappa shape index (κ3) is 4.49. The van der Waals surface area contributed by atoms with Crippen LogP contribution in [0.3, 0.4) is 0 Å². The van der Waals surface area contributed by atoms with Crippen LogP contribution in [0.25, 0.3) is 11.3 Å². The minimum absolute atomic E-state index is 0.159. The summed E-state index contributed by atoms with van der Waals surface area (Å²) >= 11 is 1.53. The molecule has 4 nitrogen and oxygen atoms in total. The van der Waals surface area contributed by atoms with Gasteiger partial charge in [-0.1, -0.05) is 45.0 Å². The number of benzene rings is 2. The zero-order valence-corrected chi connectivity index (χ0v) is 16.3. The molecule has 0 aliphatic heterocycles. The first-order chi connectivity index (χ1) is 12.5. The van der Waals surface area contributed by atoms with Crippen molar-refractivity contribution in [1.82, 2.24) is 4.98 Å². The number of rotatable bonds is 5. The van der Waals surface area contributed by atoms with E-state index in [1.165, 1.54) is 16.9 Å². The summed E-state index contributed by atoms with van der Waals surface area (Å²) in [6, 6.07) is 16.3. The van der Waals surface area contributed by atoms with Crippen molar-refractivity contribution in [3.8, 4) is 17.0 Å². The maximum Gasteiger partial charge on any atom is 0.203 e. The average molecular weight is 366 g/mol. The summed E-state index contributed by atoms with van der Waals surface area (Å²) in [7, 11) is 1.66. The van der Waals surface area contributed by atoms with E-state index >= 15 is 0 Å². The van der Waals surface area contributed by atoms with Crippen molar-refractivity contribution in [2.45, 2.75) is 26.2 Å². The van der Waals surface area contributed by atoms with Crippen LogP contribution >= 0.6 is 11.3 Å². The van der Waals surface area contributed by atoms with Crippen LogP contribution in [0.1, 0.15) is 31.9 Å². The van der Waals surface area contributed by atoms with E-state index in [0.29, 0.717) is 0 Å². The lowest BCUT2D eigenvalue weighted by Crippen LogP contribution is -2.10. The topological polar surface area (TPSA) is 46.5 Å². The molecule has 5 heteroatoms. The smallest absolute Gasteiger partial charge is 0.203 e. The Bertz CT molecular complexity index is 875. The van der Waals surface area contributed by atoms with E-state index in [0.717, 1.165) is 27.7 Å². The molecule has 0 atom stereocenters. The highest BCUT2D eigenvalue weighted by atomic mass is 32.1. The van der Waals surface area contributed by atoms with Gasteiger partial charge in [0.05, 0.1) is 19.0 Å². The van der Waals surface area contributed by atoms with Crippen molar-refractivity contribution in [1.29, 1.82) is 0 Å². The number of hydrogen-bond acceptors (Lipinski definition) is 5. The van der Waals surface area contributed by atoms with E-state index < -0.39 is 0 Å². The fourth-order valence-corrected chi connectivity index (χ4v) is 3.12. The highest BCUT2D eigenvalue weighted by Crippen LogP contribution is 2.26. The van der Waals surface area contributed by atoms with Gasteiger partial charge in [-0.05, 0) is 40.8 Å². The Hall–Kier alpha value is -2.66. The number of aromatic nitrogens is 1. The fraction of sp³-hybridized carbons (Fsp3) is 0.238. The zero-order chi connectivity index (χ0) is 18.6. The normalized spacial score (nSPS) is 11.7. The third-order valence-corrected chi connectivity index (χ3v) is 4.79. The molecule has 0 spiro atoms. The molecule has 0 aliphatic rings. The standard InChI is InChI=1S/C21H23N3OS/c1-21(2,3)17-9-5-15(6-10-17)13-22-24-20-23-19(14-26-20)16-7-11-18(25-4)12-8-16/h5-14H,1-4H3,(H,23,24)/b22-13+. The Kier molecular flexibility index (Phi) is 5.38. The third-order valence-electron chi connectivity index (χ3n) is 4.04. The molecule has 26 heavy (non-hydrogen) atoms. The Balaban J connectivity index is 1.63. The number of ether oxygens (including phenoxy) is 1. The molecule has 1 aromatic heterocycles. The van der Waals surface area contributed by atoms with Crippen molar-refractivity contribution in [3.05, 3.63) is 65.0 Å². The molecule has 3 rings (SSSR count). The molecule has 0 saturated heterocycles. The van der Waals surface area contributed by atoms with Gasteiger partial charge < -0.3 is 4.74 Å². The van der Waals surface area contributed by atoms with Crippen molar-refractivity contribution < 1.29 is 4.74 Å². The van der Waals surface area contributed by atoms with Crippen LogP contribution in [-0.2, 0) is 5.41 Å². The number of anilines is 1. The second kappa shape index (κ2) is 7.70. The molecule has 2 aromatic carbocycles. The van der Waals surface area contributed by atoms with Gasteiger partial charge in [0.25, 0.3) is 0 Å². The molecule has 0 aliphatic carbocycles. The number of nitrogens with zero attached hydrogens (tertiary/aromatic N) is 2. The van der Waals surface area contributed by atoms with Gasteiger partial charge in [-0.2, -0.15) is 5.10 Å². The summed E-state index contributed by atoms with van der Waals surface area (Å²) in [4.78, 5) is 4.57. The zero-order valence-electron chi connectivity index (χ0n) is 15.5. The fourth-order valence-electron chi connectivity index (χ4n) is 2.45. The second-order valence-electron chi connectivity index (χ2n) is 7.01. The van der Waals surface area contributed by atoms with Crippen LogP contribution < -0.4 is 10.2 Å². The lowest BCUT2D eigenvalue weighted by atomic mass is 9.87. The largest absolute Gasteiger partial charge is 0.497 e. The van der Waals surface area contributed by atoms with Crippen molar-refractivity contribution in [3.63, 3.8) is 0 Å². The average Bonchev–Trinajstić information content (AvgIpc) is 3.10. The molecule has 0 saturated carbocycles. The van der Waals surface area contributed by atoms with Gasteiger partial charge >= 0.3 is 0 Å². The Morgan fingerprint density at radius 3 is 2.35 bits per heavy atom. The Morgan fingerprint density at radius 2 is 1.73 bits per heavy atom. The minimum atomic E-state index is 0.159. The lowest BCUT2D eigenvalue weighted by Gasteiger charge is -2.18. The van der Waals surface area contributed by atoms with Crippen LogP contribution in [0.4, 0.5) is 5.13 Å². The first-order valence-electron chi connectivity index (χ1n) is 8.45. The number of methoxy groups -OCH3 is 1.